The molecule has 6 nitrogen and oxygen atoms in total. The molecule has 19 heavy (non-hydrogen) atoms. The standard InChI is InChI=1S/C13H23N3O3/c1-19-12(17)10-15-5-7-16(8-6-15)13(18)11-3-2-4-14-9-11/h11,14H,2-10H2,1H3/t11-/m1/s1. The number of ether oxygens (including phenoxy) is 1. The minimum absolute atomic E-state index is 0.140. The van der Waals surface area contributed by atoms with Crippen molar-refractivity contribution in [1.29, 1.82) is 0 Å². The third kappa shape index (κ3) is 3.91. The lowest BCUT2D eigenvalue weighted by Gasteiger charge is -2.36. The maximum Gasteiger partial charge on any atom is 0.319 e. The number of carbonyl (C=O) groups is 2. The molecule has 1 N–H and O–H groups in total. The summed E-state index contributed by atoms with van der Waals surface area (Å²) in [7, 11) is 1.40. The summed E-state index contributed by atoms with van der Waals surface area (Å²) >= 11 is 0. The van der Waals surface area contributed by atoms with Crippen molar-refractivity contribution in [1.82, 2.24) is 15.1 Å². The zero-order valence-corrected chi connectivity index (χ0v) is 11.6. The highest BCUT2D eigenvalue weighted by molar-refractivity contribution is 5.79. The van der Waals surface area contributed by atoms with Crippen LogP contribution in [-0.4, -0.2) is 74.6 Å². The van der Waals surface area contributed by atoms with E-state index in [-0.39, 0.29) is 17.8 Å². The van der Waals surface area contributed by atoms with Crippen LogP contribution < -0.4 is 5.32 Å². The fraction of sp³-hybridized carbons (Fsp3) is 0.846. The third-order valence-corrected chi connectivity index (χ3v) is 3.91. The Morgan fingerprint density at radius 1 is 1.26 bits per heavy atom. The summed E-state index contributed by atoms with van der Waals surface area (Å²) in [5.74, 6) is 0.196. The van der Waals surface area contributed by atoms with Gasteiger partial charge in [-0.2, -0.15) is 0 Å². The zero-order chi connectivity index (χ0) is 13.7. The van der Waals surface area contributed by atoms with Gasteiger partial charge in [-0.1, -0.05) is 0 Å². The van der Waals surface area contributed by atoms with Crippen molar-refractivity contribution in [2.75, 3.05) is 52.9 Å². The fourth-order valence-corrected chi connectivity index (χ4v) is 2.69. The van der Waals surface area contributed by atoms with E-state index in [1.165, 1.54) is 7.11 Å². The molecule has 0 bridgehead atoms. The van der Waals surface area contributed by atoms with Crippen LogP contribution in [0.15, 0.2) is 0 Å². The van der Waals surface area contributed by atoms with E-state index in [4.69, 9.17) is 0 Å². The van der Waals surface area contributed by atoms with Crippen molar-refractivity contribution >= 4 is 11.9 Å². The molecule has 2 saturated heterocycles. The Balaban J connectivity index is 1.76. The fourth-order valence-electron chi connectivity index (χ4n) is 2.69. The van der Waals surface area contributed by atoms with Gasteiger partial charge in [0.1, 0.15) is 0 Å². The van der Waals surface area contributed by atoms with Crippen LogP contribution in [0.4, 0.5) is 0 Å². The first kappa shape index (κ1) is 14.3. The van der Waals surface area contributed by atoms with Crippen molar-refractivity contribution in [2.24, 2.45) is 5.92 Å². The van der Waals surface area contributed by atoms with E-state index in [0.717, 1.165) is 39.0 Å². The lowest BCUT2D eigenvalue weighted by molar-refractivity contribution is -0.143. The van der Waals surface area contributed by atoms with Crippen LogP contribution in [0.1, 0.15) is 12.8 Å². The minimum Gasteiger partial charge on any atom is -0.468 e. The topological polar surface area (TPSA) is 61.9 Å². The van der Waals surface area contributed by atoms with E-state index in [0.29, 0.717) is 19.6 Å². The predicted octanol–water partition coefficient (Wildman–Crippen LogP) is -0.697. The second kappa shape index (κ2) is 6.86. The Labute approximate surface area is 114 Å². The van der Waals surface area contributed by atoms with Crippen LogP contribution in [0.2, 0.25) is 0 Å². The summed E-state index contributed by atoms with van der Waals surface area (Å²) in [5.41, 5.74) is 0. The second-order valence-electron chi connectivity index (χ2n) is 5.22. The Hall–Kier alpha value is -1.14. The number of nitrogens with zero attached hydrogens (tertiary/aromatic N) is 2. The number of carbonyl (C=O) groups excluding carboxylic acids is 2. The minimum atomic E-state index is -0.212. The molecule has 2 rings (SSSR count). The molecule has 2 aliphatic rings. The molecule has 0 saturated carbocycles. The van der Waals surface area contributed by atoms with E-state index >= 15 is 0 Å². The van der Waals surface area contributed by atoms with E-state index in [2.05, 4.69) is 10.1 Å². The number of hydrogen-bond acceptors (Lipinski definition) is 5. The van der Waals surface area contributed by atoms with Gasteiger partial charge in [-0.3, -0.25) is 14.5 Å². The number of methoxy groups -OCH3 is 1. The maximum atomic E-state index is 12.3. The van der Waals surface area contributed by atoms with Crippen LogP contribution in [0, 0.1) is 5.92 Å². The van der Waals surface area contributed by atoms with Gasteiger partial charge in [0.15, 0.2) is 0 Å². The molecule has 108 valence electrons. The van der Waals surface area contributed by atoms with Gasteiger partial charge < -0.3 is 15.0 Å². The largest absolute Gasteiger partial charge is 0.468 e. The molecular formula is C13H23N3O3. The smallest absolute Gasteiger partial charge is 0.319 e. The lowest BCUT2D eigenvalue weighted by Crippen LogP contribution is -2.52. The number of rotatable bonds is 3. The molecule has 0 aliphatic carbocycles. The van der Waals surface area contributed by atoms with Gasteiger partial charge in [0.05, 0.1) is 19.6 Å². The van der Waals surface area contributed by atoms with Gasteiger partial charge in [-0.05, 0) is 19.4 Å². The van der Waals surface area contributed by atoms with Gasteiger partial charge >= 0.3 is 5.97 Å². The van der Waals surface area contributed by atoms with Gasteiger partial charge in [-0.15, -0.1) is 0 Å². The van der Waals surface area contributed by atoms with E-state index in [9.17, 15) is 9.59 Å². The molecule has 0 unspecified atom stereocenters. The quantitative estimate of drug-likeness (QED) is 0.687. The summed E-state index contributed by atoms with van der Waals surface area (Å²) in [5, 5.41) is 3.28. The number of amides is 1. The number of nitrogens with one attached hydrogen (secondary N) is 1. The van der Waals surface area contributed by atoms with E-state index in [1.807, 2.05) is 9.80 Å². The normalized spacial score (nSPS) is 25.1. The van der Waals surface area contributed by atoms with Crippen LogP contribution >= 0.6 is 0 Å². The summed E-state index contributed by atoms with van der Waals surface area (Å²) < 4.78 is 4.65. The maximum absolute atomic E-state index is 12.3. The molecule has 1 amide bonds. The number of esters is 1. The molecule has 2 aliphatic heterocycles. The van der Waals surface area contributed by atoms with Gasteiger partial charge in [0.25, 0.3) is 0 Å². The van der Waals surface area contributed by atoms with Crippen LogP contribution in [0.25, 0.3) is 0 Å². The first-order chi connectivity index (χ1) is 9.20. The molecule has 2 heterocycles. The van der Waals surface area contributed by atoms with Crippen LogP contribution in [-0.2, 0) is 14.3 Å². The van der Waals surface area contributed by atoms with Crippen LogP contribution in [0.3, 0.4) is 0 Å². The van der Waals surface area contributed by atoms with Gasteiger partial charge in [0, 0.05) is 32.7 Å². The van der Waals surface area contributed by atoms with Crippen LogP contribution in [0.5, 0.6) is 0 Å². The molecule has 0 aromatic rings. The van der Waals surface area contributed by atoms with Gasteiger partial charge in [0.2, 0.25) is 5.91 Å². The molecule has 0 spiro atoms. The van der Waals surface area contributed by atoms with E-state index < -0.39 is 0 Å². The van der Waals surface area contributed by atoms with Crippen molar-refractivity contribution in [3.8, 4) is 0 Å². The Morgan fingerprint density at radius 3 is 2.58 bits per heavy atom. The summed E-state index contributed by atoms with van der Waals surface area (Å²) in [6.07, 6.45) is 2.08. The molecule has 2 fully saturated rings. The second-order valence-corrected chi connectivity index (χ2v) is 5.22. The van der Waals surface area contributed by atoms with Gasteiger partial charge in [-0.25, -0.2) is 0 Å². The van der Waals surface area contributed by atoms with Crippen molar-refractivity contribution in [2.45, 2.75) is 12.8 Å². The van der Waals surface area contributed by atoms with Crippen molar-refractivity contribution in [3.63, 3.8) is 0 Å². The Morgan fingerprint density at radius 2 is 2.00 bits per heavy atom. The number of hydrogen-bond donors (Lipinski definition) is 1. The summed E-state index contributed by atoms with van der Waals surface area (Å²) in [6, 6.07) is 0. The predicted molar refractivity (Wildman–Crippen MR) is 70.6 cm³/mol. The highest BCUT2D eigenvalue weighted by atomic mass is 16.5. The highest BCUT2D eigenvalue weighted by Gasteiger charge is 2.28. The molecule has 0 radical (unpaired) electrons. The number of piperazine rings is 1. The molecule has 6 heteroatoms. The van der Waals surface area contributed by atoms with Crippen molar-refractivity contribution in [3.05, 3.63) is 0 Å². The monoisotopic (exact) mass is 269 g/mol. The first-order valence-electron chi connectivity index (χ1n) is 6.99. The van der Waals surface area contributed by atoms with Crippen molar-refractivity contribution < 1.29 is 14.3 Å². The SMILES string of the molecule is COC(=O)CN1CCN(C(=O)[C@@H]2CCCNC2)CC1. The number of piperidine rings is 1. The highest BCUT2D eigenvalue weighted by Crippen LogP contribution is 2.15. The Bertz CT molecular complexity index is 321. The zero-order valence-electron chi connectivity index (χ0n) is 11.6. The molecular weight excluding hydrogens is 246 g/mol. The molecule has 1 atom stereocenters. The first-order valence-corrected chi connectivity index (χ1v) is 6.99. The molecule has 0 aromatic heterocycles. The van der Waals surface area contributed by atoms with E-state index in [1.54, 1.807) is 0 Å². The average molecular weight is 269 g/mol. The molecule has 0 aromatic carbocycles. The Kier molecular flexibility index (Phi) is 5.15. The lowest BCUT2D eigenvalue weighted by atomic mass is 9.98. The third-order valence-electron chi connectivity index (χ3n) is 3.91. The summed E-state index contributed by atoms with van der Waals surface area (Å²) in [4.78, 5) is 27.5. The average Bonchev–Trinajstić information content (AvgIpc) is 2.48. The summed E-state index contributed by atoms with van der Waals surface area (Å²) in [6.45, 7) is 5.09.